The molecule has 7 nitrogen and oxygen atoms in total. The molecular formula is C20H23N5O2. The third-order valence-corrected chi connectivity index (χ3v) is 4.59. The highest BCUT2D eigenvalue weighted by atomic mass is 16.1. The SMILES string of the molecule is Cc1nc(=O)[nH]c(C)c1CCC(=O)N[C@@H](C)c1ccccc1-n1cccn1. The van der Waals surface area contributed by atoms with Crippen LogP contribution in [0.3, 0.4) is 0 Å². The molecule has 0 aliphatic rings. The minimum Gasteiger partial charge on any atom is -0.349 e. The van der Waals surface area contributed by atoms with E-state index in [1.165, 1.54) is 0 Å². The first-order valence-electron chi connectivity index (χ1n) is 8.90. The summed E-state index contributed by atoms with van der Waals surface area (Å²) in [5, 5.41) is 7.33. The molecule has 0 saturated carbocycles. The predicted octanol–water partition coefficient (Wildman–Crippen LogP) is 2.38. The van der Waals surface area contributed by atoms with E-state index in [0.29, 0.717) is 18.5 Å². The summed E-state index contributed by atoms with van der Waals surface area (Å²) in [5.74, 6) is -0.0530. The average molecular weight is 365 g/mol. The highest BCUT2D eigenvalue weighted by Crippen LogP contribution is 2.21. The minimum atomic E-state index is -0.359. The Morgan fingerprint density at radius 1 is 1.26 bits per heavy atom. The molecule has 0 unspecified atom stereocenters. The van der Waals surface area contributed by atoms with Gasteiger partial charge in [-0.1, -0.05) is 18.2 Å². The number of aromatic amines is 1. The van der Waals surface area contributed by atoms with E-state index in [4.69, 9.17) is 0 Å². The Bertz CT molecular complexity index is 966. The van der Waals surface area contributed by atoms with E-state index in [2.05, 4.69) is 20.4 Å². The van der Waals surface area contributed by atoms with Gasteiger partial charge >= 0.3 is 5.69 Å². The first kappa shape index (κ1) is 18.6. The molecule has 3 rings (SSSR count). The molecule has 0 radical (unpaired) electrons. The predicted molar refractivity (Wildman–Crippen MR) is 103 cm³/mol. The Kier molecular flexibility index (Phi) is 5.49. The summed E-state index contributed by atoms with van der Waals surface area (Å²) in [5.41, 5.74) is 3.91. The maximum atomic E-state index is 12.5. The third kappa shape index (κ3) is 4.31. The summed E-state index contributed by atoms with van der Waals surface area (Å²) in [4.78, 5) is 30.4. The molecule has 3 aromatic rings. The van der Waals surface area contributed by atoms with Crippen molar-refractivity contribution in [2.45, 2.75) is 39.7 Å². The quantitative estimate of drug-likeness (QED) is 0.701. The lowest BCUT2D eigenvalue weighted by Gasteiger charge is -2.18. The second-order valence-corrected chi connectivity index (χ2v) is 6.53. The molecule has 2 heterocycles. The Labute approximate surface area is 157 Å². The number of nitrogens with one attached hydrogen (secondary N) is 2. The Hall–Kier alpha value is -3.22. The number of rotatable bonds is 6. The Morgan fingerprint density at radius 2 is 2.04 bits per heavy atom. The molecule has 2 N–H and O–H groups in total. The molecule has 0 bridgehead atoms. The molecule has 0 spiro atoms. The molecule has 7 heteroatoms. The molecule has 140 valence electrons. The van der Waals surface area contributed by atoms with Gasteiger partial charge < -0.3 is 10.3 Å². The van der Waals surface area contributed by atoms with Crippen molar-refractivity contribution in [3.63, 3.8) is 0 Å². The zero-order valence-corrected chi connectivity index (χ0v) is 15.7. The van der Waals surface area contributed by atoms with E-state index in [0.717, 1.165) is 22.5 Å². The maximum Gasteiger partial charge on any atom is 0.345 e. The van der Waals surface area contributed by atoms with Crippen molar-refractivity contribution in [3.8, 4) is 5.69 Å². The van der Waals surface area contributed by atoms with Crippen molar-refractivity contribution in [1.82, 2.24) is 25.1 Å². The van der Waals surface area contributed by atoms with Crippen LogP contribution in [0.15, 0.2) is 47.5 Å². The number of amides is 1. The fourth-order valence-corrected chi connectivity index (χ4v) is 3.23. The van der Waals surface area contributed by atoms with Crippen molar-refractivity contribution < 1.29 is 4.79 Å². The van der Waals surface area contributed by atoms with Crippen LogP contribution >= 0.6 is 0 Å². The highest BCUT2D eigenvalue weighted by molar-refractivity contribution is 5.77. The van der Waals surface area contributed by atoms with E-state index in [1.54, 1.807) is 17.8 Å². The van der Waals surface area contributed by atoms with Gasteiger partial charge in [-0.05, 0) is 50.5 Å². The standard InChI is InChI=1S/C20H23N5O2/c1-13-16(14(2)24-20(27)23-13)9-10-19(26)22-15(3)17-7-4-5-8-18(17)25-12-6-11-21-25/h4-8,11-12,15H,9-10H2,1-3H3,(H,22,26)(H,23,24,27)/t15-/m0/s1. The van der Waals surface area contributed by atoms with Crippen LogP contribution in [0.4, 0.5) is 0 Å². The number of aryl methyl sites for hydroxylation is 2. The molecule has 0 saturated heterocycles. The van der Waals surface area contributed by atoms with Crippen LogP contribution in [0, 0.1) is 13.8 Å². The summed E-state index contributed by atoms with van der Waals surface area (Å²) >= 11 is 0. The number of carbonyl (C=O) groups excluding carboxylic acids is 1. The van der Waals surface area contributed by atoms with E-state index < -0.39 is 0 Å². The van der Waals surface area contributed by atoms with Gasteiger partial charge in [-0.15, -0.1) is 0 Å². The van der Waals surface area contributed by atoms with Gasteiger partial charge in [-0.2, -0.15) is 10.1 Å². The third-order valence-electron chi connectivity index (χ3n) is 4.59. The number of benzene rings is 1. The smallest absolute Gasteiger partial charge is 0.345 e. The maximum absolute atomic E-state index is 12.5. The van der Waals surface area contributed by atoms with Crippen molar-refractivity contribution in [3.05, 3.63) is 75.7 Å². The fraction of sp³-hybridized carbons (Fsp3) is 0.300. The van der Waals surface area contributed by atoms with Gasteiger partial charge in [-0.25, -0.2) is 9.48 Å². The van der Waals surface area contributed by atoms with Crippen LogP contribution in [0.1, 0.15) is 41.9 Å². The number of hydrogen-bond acceptors (Lipinski definition) is 4. The molecule has 1 aromatic carbocycles. The monoisotopic (exact) mass is 365 g/mol. The fourth-order valence-electron chi connectivity index (χ4n) is 3.23. The van der Waals surface area contributed by atoms with Crippen LogP contribution in [0.25, 0.3) is 5.69 Å². The second kappa shape index (κ2) is 7.99. The molecule has 0 fully saturated rings. The van der Waals surface area contributed by atoms with Gasteiger partial charge in [0.05, 0.1) is 11.7 Å². The van der Waals surface area contributed by atoms with Gasteiger partial charge in [0, 0.05) is 30.2 Å². The van der Waals surface area contributed by atoms with E-state index >= 15 is 0 Å². The molecule has 2 aromatic heterocycles. The summed E-state index contributed by atoms with van der Waals surface area (Å²) in [6, 6.07) is 9.57. The molecule has 0 aliphatic heterocycles. The van der Waals surface area contributed by atoms with Gasteiger partial charge in [0.15, 0.2) is 0 Å². The van der Waals surface area contributed by atoms with Crippen LogP contribution in [-0.4, -0.2) is 25.7 Å². The lowest BCUT2D eigenvalue weighted by atomic mass is 10.0. The number of hydrogen-bond donors (Lipinski definition) is 2. The molecular weight excluding hydrogens is 342 g/mol. The largest absolute Gasteiger partial charge is 0.349 e. The van der Waals surface area contributed by atoms with E-state index in [1.807, 2.05) is 50.4 Å². The van der Waals surface area contributed by atoms with Gasteiger partial charge in [0.25, 0.3) is 0 Å². The van der Waals surface area contributed by atoms with Crippen LogP contribution < -0.4 is 11.0 Å². The van der Waals surface area contributed by atoms with Crippen LogP contribution in [0.2, 0.25) is 0 Å². The average Bonchev–Trinajstić information content (AvgIpc) is 3.15. The van der Waals surface area contributed by atoms with E-state index in [9.17, 15) is 9.59 Å². The number of para-hydroxylation sites is 1. The van der Waals surface area contributed by atoms with Crippen molar-refractivity contribution in [2.75, 3.05) is 0 Å². The van der Waals surface area contributed by atoms with Crippen molar-refractivity contribution >= 4 is 5.91 Å². The van der Waals surface area contributed by atoms with E-state index in [-0.39, 0.29) is 17.6 Å². The first-order valence-corrected chi connectivity index (χ1v) is 8.90. The van der Waals surface area contributed by atoms with Crippen molar-refractivity contribution in [2.24, 2.45) is 0 Å². The molecule has 1 atom stereocenters. The van der Waals surface area contributed by atoms with Gasteiger partial charge in [0.1, 0.15) is 0 Å². The first-order chi connectivity index (χ1) is 13.0. The Morgan fingerprint density at radius 3 is 2.74 bits per heavy atom. The summed E-state index contributed by atoms with van der Waals surface area (Å²) in [6.45, 7) is 5.57. The van der Waals surface area contributed by atoms with Crippen LogP contribution in [0.5, 0.6) is 0 Å². The second-order valence-electron chi connectivity index (χ2n) is 6.53. The number of H-pyrrole nitrogens is 1. The van der Waals surface area contributed by atoms with Gasteiger partial charge in [-0.3, -0.25) is 4.79 Å². The van der Waals surface area contributed by atoms with Crippen molar-refractivity contribution in [1.29, 1.82) is 0 Å². The highest BCUT2D eigenvalue weighted by Gasteiger charge is 2.15. The number of carbonyl (C=O) groups is 1. The zero-order chi connectivity index (χ0) is 19.4. The molecule has 0 aliphatic carbocycles. The Balaban J connectivity index is 1.68. The zero-order valence-electron chi connectivity index (χ0n) is 15.7. The molecule has 27 heavy (non-hydrogen) atoms. The lowest BCUT2D eigenvalue weighted by molar-refractivity contribution is -0.121. The molecule has 1 amide bonds. The minimum absolute atomic E-state index is 0.0530. The number of aromatic nitrogens is 4. The van der Waals surface area contributed by atoms with Gasteiger partial charge in [0.2, 0.25) is 5.91 Å². The summed E-state index contributed by atoms with van der Waals surface area (Å²) in [7, 11) is 0. The topological polar surface area (TPSA) is 92.7 Å². The normalized spacial score (nSPS) is 12.0. The summed E-state index contributed by atoms with van der Waals surface area (Å²) in [6.07, 6.45) is 4.45. The lowest BCUT2D eigenvalue weighted by Crippen LogP contribution is -2.28. The van der Waals surface area contributed by atoms with Crippen LogP contribution in [-0.2, 0) is 11.2 Å². The number of nitrogens with zero attached hydrogens (tertiary/aromatic N) is 3. The summed E-state index contributed by atoms with van der Waals surface area (Å²) < 4.78 is 1.79.